The number of nitrogens with zero attached hydrogens (tertiary/aromatic N) is 1. The van der Waals surface area contributed by atoms with Gasteiger partial charge in [0.1, 0.15) is 5.58 Å². The molecule has 114 valence electrons. The van der Waals surface area contributed by atoms with Gasteiger partial charge in [-0.1, -0.05) is 11.6 Å². The summed E-state index contributed by atoms with van der Waals surface area (Å²) >= 11 is 5.85. The smallest absolute Gasteiger partial charge is 0.374 e. The predicted octanol–water partition coefficient (Wildman–Crippen LogP) is 1.79. The van der Waals surface area contributed by atoms with Crippen molar-refractivity contribution in [3.8, 4) is 0 Å². The molecular formula is C14H11ClN2O5. The maximum Gasteiger partial charge on any atom is 0.374 e. The van der Waals surface area contributed by atoms with Crippen LogP contribution in [0, 0.1) is 0 Å². The van der Waals surface area contributed by atoms with Crippen LogP contribution >= 0.6 is 11.6 Å². The summed E-state index contributed by atoms with van der Waals surface area (Å²) in [6, 6.07) is 5.92. The minimum Gasteiger partial charge on any atom is -0.450 e. The molecule has 1 fully saturated rings. The van der Waals surface area contributed by atoms with Crippen molar-refractivity contribution in [2.24, 2.45) is 0 Å². The van der Waals surface area contributed by atoms with Crippen LogP contribution in [-0.4, -0.2) is 42.5 Å². The lowest BCUT2D eigenvalue weighted by molar-refractivity contribution is -0.130. The van der Waals surface area contributed by atoms with Crippen LogP contribution in [0.15, 0.2) is 28.7 Å². The van der Waals surface area contributed by atoms with Crippen LogP contribution in [0.2, 0.25) is 5.02 Å². The Kier molecular flexibility index (Phi) is 3.72. The van der Waals surface area contributed by atoms with Crippen LogP contribution in [0.4, 0.5) is 4.79 Å². The standard InChI is InChI=1S/C14H11ClN2O5/c15-9-1-2-10-8(5-9)6-11(22-10)13(19)21-7-12(18)17-4-3-16-14(17)20/h1-2,5-6H,3-4,7H2,(H,16,20). The zero-order valence-corrected chi connectivity index (χ0v) is 12.1. The molecule has 0 saturated carbocycles. The molecule has 3 rings (SSSR count). The average Bonchev–Trinajstić information content (AvgIpc) is 3.09. The van der Waals surface area contributed by atoms with Crippen molar-refractivity contribution in [2.75, 3.05) is 19.7 Å². The fourth-order valence-electron chi connectivity index (χ4n) is 2.10. The molecule has 8 heteroatoms. The second-order valence-corrected chi connectivity index (χ2v) is 5.08. The highest BCUT2D eigenvalue weighted by molar-refractivity contribution is 6.31. The van der Waals surface area contributed by atoms with E-state index in [-0.39, 0.29) is 12.3 Å². The Bertz CT molecular complexity index is 770. The molecule has 1 aromatic carbocycles. The Hall–Kier alpha value is -2.54. The van der Waals surface area contributed by atoms with Crippen LogP contribution in [0.25, 0.3) is 11.0 Å². The first-order valence-corrected chi connectivity index (χ1v) is 6.87. The van der Waals surface area contributed by atoms with Crippen molar-refractivity contribution >= 4 is 40.5 Å². The number of carbonyl (C=O) groups is 3. The number of benzene rings is 1. The van der Waals surface area contributed by atoms with Gasteiger partial charge in [-0.05, 0) is 24.3 Å². The van der Waals surface area contributed by atoms with Crippen LogP contribution < -0.4 is 5.32 Å². The molecule has 7 nitrogen and oxygen atoms in total. The van der Waals surface area contributed by atoms with Gasteiger partial charge in [-0.3, -0.25) is 9.69 Å². The highest BCUT2D eigenvalue weighted by Crippen LogP contribution is 2.23. The number of imide groups is 1. The largest absolute Gasteiger partial charge is 0.450 e. The summed E-state index contributed by atoms with van der Waals surface area (Å²) in [7, 11) is 0. The number of rotatable bonds is 3. The lowest BCUT2D eigenvalue weighted by Crippen LogP contribution is -2.37. The maximum atomic E-state index is 11.9. The van der Waals surface area contributed by atoms with Gasteiger partial charge in [-0.15, -0.1) is 0 Å². The van der Waals surface area contributed by atoms with Crippen molar-refractivity contribution in [1.82, 2.24) is 10.2 Å². The number of hydrogen-bond acceptors (Lipinski definition) is 5. The first-order chi connectivity index (χ1) is 10.5. The van der Waals surface area contributed by atoms with Crippen molar-refractivity contribution in [2.45, 2.75) is 0 Å². The van der Waals surface area contributed by atoms with E-state index in [4.69, 9.17) is 20.8 Å². The number of urea groups is 1. The molecule has 1 aliphatic heterocycles. The van der Waals surface area contributed by atoms with Crippen molar-refractivity contribution in [3.63, 3.8) is 0 Å². The summed E-state index contributed by atoms with van der Waals surface area (Å²) in [6.07, 6.45) is 0. The topological polar surface area (TPSA) is 88.9 Å². The number of fused-ring (bicyclic) bond motifs is 1. The third-order valence-electron chi connectivity index (χ3n) is 3.16. The minimum atomic E-state index is -0.778. The molecule has 1 N–H and O–H groups in total. The van der Waals surface area contributed by atoms with Crippen LogP contribution in [0.5, 0.6) is 0 Å². The number of hydrogen-bond donors (Lipinski definition) is 1. The summed E-state index contributed by atoms with van der Waals surface area (Å²) in [5.41, 5.74) is 0.488. The molecule has 1 aromatic heterocycles. The molecule has 22 heavy (non-hydrogen) atoms. The molecule has 3 amide bonds. The van der Waals surface area contributed by atoms with E-state index in [1.54, 1.807) is 18.2 Å². The Balaban J connectivity index is 1.65. The van der Waals surface area contributed by atoms with E-state index in [2.05, 4.69) is 5.32 Å². The number of carbonyl (C=O) groups excluding carboxylic acids is 3. The van der Waals surface area contributed by atoms with Gasteiger partial charge in [-0.25, -0.2) is 9.59 Å². The lowest BCUT2D eigenvalue weighted by atomic mass is 10.2. The van der Waals surface area contributed by atoms with Crippen molar-refractivity contribution in [3.05, 3.63) is 35.0 Å². The van der Waals surface area contributed by atoms with Gasteiger partial charge < -0.3 is 14.5 Å². The fraction of sp³-hybridized carbons (Fsp3) is 0.214. The van der Waals surface area contributed by atoms with E-state index in [0.29, 0.717) is 22.5 Å². The quantitative estimate of drug-likeness (QED) is 0.870. The maximum absolute atomic E-state index is 11.9. The molecular weight excluding hydrogens is 312 g/mol. The van der Waals surface area contributed by atoms with Crippen molar-refractivity contribution in [1.29, 1.82) is 0 Å². The third-order valence-corrected chi connectivity index (χ3v) is 3.40. The van der Waals surface area contributed by atoms with E-state index in [9.17, 15) is 14.4 Å². The molecule has 0 bridgehead atoms. The highest BCUT2D eigenvalue weighted by atomic mass is 35.5. The number of halogens is 1. The first-order valence-electron chi connectivity index (χ1n) is 6.49. The zero-order chi connectivity index (χ0) is 15.7. The van der Waals surface area contributed by atoms with Gasteiger partial charge >= 0.3 is 12.0 Å². The zero-order valence-electron chi connectivity index (χ0n) is 11.3. The summed E-state index contributed by atoms with van der Waals surface area (Å²) < 4.78 is 10.2. The molecule has 2 aromatic rings. The fourth-order valence-corrected chi connectivity index (χ4v) is 2.28. The van der Waals surface area contributed by atoms with Gasteiger partial charge in [0.05, 0.1) is 0 Å². The van der Waals surface area contributed by atoms with Crippen molar-refractivity contribution < 1.29 is 23.5 Å². The van der Waals surface area contributed by atoms with E-state index in [1.807, 2.05) is 0 Å². The minimum absolute atomic E-state index is 0.0315. The van der Waals surface area contributed by atoms with E-state index < -0.39 is 24.5 Å². The van der Waals surface area contributed by atoms with Gasteiger partial charge in [0.2, 0.25) is 5.76 Å². The number of furan rings is 1. The van der Waals surface area contributed by atoms with E-state index >= 15 is 0 Å². The van der Waals surface area contributed by atoms with Gasteiger partial charge in [0, 0.05) is 23.5 Å². The van der Waals surface area contributed by atoms with Crippen LogP contribution in [-0.2, 0) is 9.53 Å². The Morgan fingerprint density at radius 1 is 1.36 bits per heavy atom. The monoisotopic (exact) mass is 322 g/mol. The highest BCUT2D eigenvalue weighted by Gasteiger charge is 2.27. The van der Waals surface area contributed by atoms with Gasteiger partial charge in [0.25, 0.3) is 5.91 Å². The Morgan fingerprint density at radius 2 is 2.18 bits per heavy atom. The van der Waals surface area contributed by atoms with Gasteiger partial charge in [0.15, 0.2) is 6.61 Å². The number of esters is 1. The molecule has 0 aliphatic carbocycles. The molecule has 0 unspecified atom stereocenters. The summed E-state index contributed by atoms with van der Waals surface area (Å²) in [6.45, 7) is 0.130. The SMILES string of the molecule is O=C(OCC(=O)N1CCNC1=O)c1cc2cc(Cl)ccc2o1. The van der Waals surface area contributed by atoms with Crippen LogP contribution in [0.1, 0.15) is 10.6 Å². The van der Waals surface area contributed by atoms with E-state index in [0.717, 1.165) is 4.90 Å². The molecule has 1 aliphatic rings. The normalized spacial score (nSPS) is 14.2. The summed E-state index contributed by atoms with van der Waals surface area (Å²) in [5.74, 6) is -1.39. The molecule has 0 atom stereocenters. The predicted molar refractivity (Wildman–Crippen MR) is 76.6 cm³/mol. The molecule has 0 spiro atoms. The first kappa shape index (κ1) is 14.4. The van der Waals surface area contributed by atoms with Crippen LogP contribution in [0.3, 0.4) is 0 Å². The Morgan fingerprint density at radius 3 is 2.91 bits per heavy atom. The number of nitrogens with one attached hydrogen (secondary N) is 1. The average molecular weight is 323 g/mol. The second-order valence-electron chi connectivity index (χ2n) is 4.65. The number of ether oxygens (including phenoxy) is 1. The summed E-state index contributed by atoms with van der Waals surface area (Å²) in [5, 5.41) is 3.66. The molecule has 1 saturated heterocycles. The number of amides is 3. The Labute approximate surface area is 129 Å². The third kappa shape index (κ3) is 2.75. The van der Waals surface area contributed by atoms with Gasteiger partial charge in [-0.2, -0.15) is 0 Å². The molecule has 2 heterocycles. The second kappa shape index (κ2) is 5.69. The van der Waals surface area contributed by atoms with E-state index in [1.165, 1.54) is 6.07 Å². The lowest BCUT2D eigenvalue weighted by Gasteiger charge is -2.11. The molecule has 0 radical (unpaired) electrons. The summed E-state index contributed by atoms with van der Waals surface area (Å²) in [4.78, 5) is 35.9.